The molecule has 2 heterocycles. The Morgan fingerprint density at radius 3 is 2.69 bits per heavy atom. The van der Waals surface area contributed by atoms with Crippen LogP contribution < -0.4 is 4.90 Å². The number of rotatable bonds is 3. The Hall–Kier alpha value is -3.26. The zero-order chi connectivity index (χ0) is 23.2. The van der Waals surface area contributed by atoms with Gasteiger partial charge in [-0.1, -0.05) is 24.2 Å². The van der Waals surface area contributed by atoms with Crippen molar-refractivity contribution in [2.75, 3.05) is 18.0 Å². The van der Waals surface area contributed by atoms with Crippen LogP contribution in [0.2, 0.25) is 5.02 Å². The molecule has 6 nitrogen and oxygen atoms in total. The molecule has 1 aromatic heterocycles. The summed E-state index contributed by atoms with van der Waals surface area (Å²) in [6.07, 6.45) is 3.75. The fourth-order valence-electron chi connectivity index (χ4n) is 4.13. The summed E-state index contributed by atoms with van der Waals surface area (Å²) in [5.41, 5.74) is -0.715. The molecular formula is C23H20ClF2N4O2. The van der Waals surface area contributed by atoms with Crippen LogP contribution in [0.4, 0.5) is 14.6 Å². The Labute approximate surface area is 188 Å². The molecule has 0 unspecified atom stereocenters. The van der Waals surface area contributed by atoms with Crippen molar-refractivity contribution in [2.45, 2.75) is 25.9 Å². The van der Waals surface area contributed by atoms with Crippen LogP contribution in [0, 0.1) is 18.0 Å². The standard InChI is InChI=1S/C23H20ClF2N4O2/c1-4-18(32)29-9-13(3)30(10-12(29)2)23-14-8-15(24)19(21(26)22(14)27-11-28-23)20-16(25)6-5-7-17(20)31/h4-8,12-13,31H,1,9-10H2,2-3H3/t12-,13+/m1/s1. The monoisotopic (exact) mass is 457 g/mol. The number of piperazine rings is 1. The number of hydrogen-bond acceptors (Lipinski definition) is 5. The lowest BCUT2D eigenvalue weighted by molar-refractivity contribution is -0.128. The molecule has 165 valence electrons. The van der Waals surface area contributed by atoms with E-state index in [0.29, 0.717) is 24.3 Å². The van der Waals surface area contributed by atoms with E-state index in [1.54, 1.807) is 4.90 Å². The zero-order valence-corrected chi connectivity index (χ0v) is 18.2. The van der Waals surface area contributed by atoms with E-state index in [9.17, 15) is 14.3 Å². The van der Waals surface area contributed by atoms with Gasteiger partial charge in [0.25, 0.3) is 0 Å². The number of phenols is 1. The van der Waals surface area contributed by atoms with Crippen molar-refractivity contribution in [2.24, 2.45) is 0 Å². The molecule has 9 heteroatoms. The van der Waals surface area contributed by atoms with Gasteiger partial charge in [0.2, 0.25) is 12.2 Å². The van der Waals surface area contributed by atoms with E-state index >= 15 is 4.39 Å². The van der Waals surface area contributed by atoms with Gasteiger partial charge in [-0.05, 0) is 38.1 Å². The third-order valence-electron chi connectivity index (χ3n) is 5.71. The second kappa shape index (κ2) is 8.35. The minimum absolute atomic E-state index is 0.0902. The molecule has 1 amide bonds. The van der Waals surface area contributed by atoms with Gasteiger partial charge < -0.3 is 14.9 Å². The Balaban J connectivity index is 1.84. The van der Waals surface area contributed by atoms with Crippen molar-refractivity contribution >= 4 is 34.2 Å². The molecule has 1 N–H and O–H groups in total. The van der Waals surface area contributed by atoms with E-state index in [0.717, 1.165) is 6.07 Å². The topological polar surface area (TPSA) is 69.6 Å². The first-order valence-electron chi connectivity index (χ1n) is 9.97. The summed E-state index contributed by atoms with van der Waals surface area (Å²) in [6, 6.07) is 4.86. The average Bonchev–Trinajstić information content (AvgIpc) is 2.76. The number of carbonyl (C=O) groups excluding carboxylic acids is 1. The largest absolute Gasteiger partial charge is 0.507 e. The van der Waals surface area contributed by atoms with Crippen LogP contribution in [-0.4, -0.2) is 51.1 Å². The van der Waals surface area contributed by atoms with E-state index in [1.807, 2.05) is 18.7 Å². The van der Waals surface area contributed by atoms with Crippen LogP contribution in [0.25, 0.3) is 22.0 Å². The first-order valence-corrected chi connectivity index (χ1v) is 10.4. The molecule has 32 heavy (non-hydrogen) atoms. The van der Waals surface area contributed by atoms with Gasteiger partial charge in [-0.2, -0.15) is 0 Å². The molecule has 0 spiro atoms. The maximum Gasteiger partial charge on any atom is 0.246 e. The van der Waals surface area contributed by atoms with Crippen LogP contribution in [-0.2, 0) is 4.79 Å². The Morgan fingerprint density at radius 1 is 1.25 bits per heavy atom. The van der Waals surface area contributed by atoms with Crippen LogP contribution in [0.5, 0.6) is 5.75 Å². The summed E-state index contributed by atoms with van der Waals surface area (Å²) in [5, 5.41) is 10.4. The summed E-state index contributed by atoms with van der Waals surface area (Å²) < 4.78 is 30.0. The smallest absolute Gasteiger partial charge is 0.246 e. The molecule has 2 aromatic carbocycles. The van der Waals surface area contributed by atoms with Crippen LogP contribution in [0.1, 0.15) is 13.8 Å². The Morgan fingerprint density at radius 2 is 2.00 bits per heavy atom. The van der Waals surface area contributed by atoms with Crippen molar-refractivity contribution in [3.05, 3.63) is 59.9 Å². The number of nitrogens with zero attached hydrogens (tertiary/aromatic N) is 4. The summed E-state index contributed by atoms with van der Waals surface area (Å²) in [7, 11) is 0. The SMILES string of the molecule is C=CC(=O)N1C[C@H](C)N(c2n[c]nc3c(F)c(-c4c(O)cccc4F)c(Cl)cc23)C[C@H]1C. The van der Waals surface area contributed by atoms with Crippen LogP contribution >= 0.6 is 11.6 Å². The number of benzene rings is 2. The number of phenolic OH excluding ortho intramolecular Hbond substituents is 1. The van der Waals surface area contributed by atoms with Crippen molar-refractivity contribution in [3.8, 4) is 16.9 Å². The molecule has 1 aliphatic heterocycles. The highest BCUT2D eigenvalue weighted by atomic mass is 35.5. The highest BCUT2D eigenvalue weighted by Crippen LogP contribution is 2.42. The second-order valence-corrected chi connectivity index (χ2v) is 8.18. The van der Waals surface area contributed by atoms with Crippen molar-refractivity contribution in [1.82, 2.24) is 14.9 Å². The number of halogens is 3. The number of carbonyl (C=O) groups is 1. The summed E-state index contributed by atoms with van der Waals surface area (Å²) in [5.74, 6) is -1.88. The molecule has 0 aliphatic carbocycles. The summed E-state index contributed by atoms with van der Waals surface area (Å²) >= 11 is 6.38. The number of aromatic nitrogens is 2. The van der Waals surface area contributed by atoms with E-state index in [1.165, 1.54) is 24.3 Å². The molecule has 1 saturated heterocycles. The molecule has 3 aromatic rings. The molecule has 1 radical (unpaired) electrons. The molecule has 2 atom stereocenters. The maximum atomic E-state index is 15.6. The molecule has 1 fully saturated rings. The average molecular weight is 458 g/mol. The maximum absolute atomic E-state index is 15.6. The quantitative estimate of drug-likeness (QED) is 0.592. The highest BCUT2D eigenvalue weighted by Gasteiger charge is 2.33. The number of amides is 1. The van der Waals surface area contributed by atoms with E-state index in [4.69, 9.17) is 11.6 Å². The predicted octanol–water partition coefficient (Wildman–Crippen LogP) is 4.35. The highest BCUT2D eigenvalue weighted by molar-refractivity contribution is 6.34. The molecule has 0 saturated carbocycles. The molecule has 1 aliphatic rings. The fourth-order valence-corrected chi connectivity index (χ4v) is 4.41. The van der Waals surface area contributed by atoms with Crippen molar-refractivity contribution in [3.63, 3.8) is 0 Å². The van der Waals surface area contributed by atoms with Gasteiger partial charge in [0.15, 0.2) is 5.82 Å². The summed E-state index contributed by atoms with van der Waals surface area (Å²) in [4.78, 5) is 24.0. The number of anilines is 1. The third-order valence-corrected chi connectivity index (χ3v) is 6.01. The lowest BCUT2D eigenvalue weighted by atomic mass is 10.0. The second-order valence-electron chi connectivity index (χ2n) is 7.77. The van der Waals surface area contributed by atoms with Crippen LogP contribution in [0.15, 0.2) is 36.9 Å². The van der Waals surface area contributed by atoms with Gasteiger partial charge in [-0.15, -0.1) is 0 Å². The van der Waals surface area contributed by atoms with Gasteiger partial charge in [0, 0.05) is 36.1 Å². The van der Waals surface area contributed by atoms with Crippen molar-refractivity contribution in [1.29, 1.82) is 0 Å². The summed E-state index contributed by atoms with van der Waals surface area (Å²) in [6.45, 7) is 8.24. The molecule has 4 rings (SSSR count). The lowest BCUT2D eigenvalue weighted by Gasteiger charge is -2.44. The molecule has 0 bridgehead atoms. The Kier molecular flexibility index (Phi) is 5.73. The van der Waals surface area contributed by atoms with Gasteiger partial charge in [0.05, 0.1) is 10.6 Å². The zero-order valence-electron chi connectivity index (χ0n) is 17.4. The first-order chi connectivity index (χ1) is 15.2. The number of hydrogen-bond donors (Lipinski definition) is 1. The normalized spacial score (nSPS) is 18.8. The lowest BCUT2D eigenvalue weighted by Crippen LogP contribution is -2.58. The third kappa shape index (κ3) is 3.54. The minimum Gasteiger partial charge on any atom is -0.507 e. The van der Waals surface area contributed by atoms with E-state index < -0.39 is 17.4 Å². The number of aromatic hydroxyl groups is 1. The number of fused-ring (bicyclic) bond motifs is 1. The minimum atomic E-state index is -0.881. The van der Waals surface area contributed by atoms with E-state index in [-0.39, 0.29) is 39.7 Å². The Bertz CT molecular complexity index is 1220. The van der Waals surface area contributed by atoms with Gasteiger partial charge in [0.1, 0.15) is 22.9 Å². The van der Waals surface area contributed by atoms with Crippen LogP contribution in [0.3, 0.4) is 0 Å². The first kappa shape index (κ1) is 22.0. The molecular weight excluding hydrogens is 438 g/mol. The van der Waals surface area contributed by atoms with Gasteiger partial charge >= 0.3 is 0 Å². The van der Waals surface area contributed by atoms with E-state index in [2.05, 4.69) is 22.9 Å². The van der Waals surface area contributed by atoms with Crippen molar-refractivity contribution < 1.29 is 18.7 Å². The predicted molar refractivity (Wildman–Crippen MR) is 119 cm³/mol. The fraction of sp³-hybridized carbons (Fsp3) is 0.261. The van der Waals surface area contributed by atoms with Gasteiger partial charge in [-0.3, -0.25) is 4.79 Å². The van der Waals surface area contributed by atoms with Gasteiger partial charge in [-0.25, -0.2) is 18.7 Å².